The van der Waals surface area contributed by atoms with Crippen LogP contribution in [0.25, 0.3) is 10.8 Å². The van der Waals surface area contributed by atoms with Gasteiger partial charge in [0.2, 0.25) is 17.7 Å². The highest BCUT2D eigenvalue weighted by molar-refractivity contribution is 7.85. The van der Waals surface area contributed by atoms with E-state index in [9.17, 15) is 33.6 Å². The summed E-state index contributed by atoms with van der Waals surface area (Å²) >= 11 is 0. The number of nitrogens with zero attached hydrogens (tertiary/aromatic N) is 4. The Hall–Kier alpha value is -4.21. The predicted octanol–water partition coefficient (Wildman–Crippen LogP) is 1.42. The molecule has 2 aromatic carbocycles. The lowest BCUT2D eigenvalue weighted by atomic mass is 9.84. The Bertz CT molecular complexity index is 1820. The molecule has 0 spiro atoms. The van der Waals surface area contributed by atoms with Crippen molar-refractivity contribution in [1.29, 1.82) is 0 Å². The average molecular weight is 722 g/mol. The fourth-order valence-electron chi connectivity index (χ4n) is 7.90. The predicted molar refractivity (Wildman–Crippen MR) is 189 cm³/mol. The van der Waals surface area contributed by atoms with Gasteiger partial charge in [0.25, 0.3) is 5.91 Å². The number of nitrogens with one attached hydrogen (secondary N) is 2. The standard InChI is InChI=1S/C36H47N7O7S/c1-35(2,49)29-19-38-41-43(29)26-18-28(33(47)40-36(30(44)31(37)45)14-15-51(50)21-36)42(20-26)34(48)27(16-22-8-4-3-5-9-22)39-32(46)25-13-12-23-10-6-7-11-24(23)17-25/h6-7,10-13,17,19,22,26-28,30,44,49H,3-5,8-9,14-16,18,20-21H2,1-2H3,(H2,37,45)(H,39,46)(H,40,47)/t26-,27?,28-,30?,36?,51?/m0/s1. The minimum absolute atomic E-state index is 0.00761. The van der Waals surface area contributed by atoms with Crippen LogP contribution in [0.2, 0.25) is 0 Å². The Kier molecular flexibility index (Phi) is 10.6. The molecule has 1 saturated carbocycles. The van der Waals surface area contributed by atoms with E-state index in [0.717, 1.165) is 42.9 Å². The number of hydrogen-bond donors (Lipinski definition) is 5. The maximum atomic E-state index is 14.8. The van der Waals surface area contributed by atoms with Crippen LogP contribution in [-0.4, -0.2) is 99.7 Å². The molecule has 4 amide bonds. The monoisotopic (exact) mass is 721 g/mol. The number of carbonyl (C=O) groups excluding carboxylic acids is 4. The molecule has 51 heavy (non-hydrogen) atoms. The molecule has 15 heteroatoms. The van der Waals surface area contributed by atoms with Gasteiger partial charge in [-0.1, -0.05) is 67.6 Å². The first-order valence-electron chi connectivity index (χ1n) is 17.6. The first kappa shape index (κ1) is 36.6. The summed E-state index contributed by atoms with van der Waals surface area (Å²) in [6, 6.07) is 10.4. The van der Waals surface area contributed by atoms with Crippen molar-refractivity contribution in [3.05, 3.63) is 59.9 Å². The van der Waals surface area contributed by atoms with Crippen LogP contribution in [-0.2, 0) is 30.8 Å². The van der Waals surface area contributed by atoms with Crippen molar-refractivity contribution in [2.24, 2.45) is 11.7 Å². The van der Waals surface area contributed by atoms with E-state index in [1.54, 1.807) is 26.0 Å². The third-order valence-electron chi connectivity index (χ3n) is 10.7. The topological polar surface area (TPSA) is 210 Å². The summed E-state index contributed by atoms with van der Waals surface area (Å²) < 4.78 is 14.0. The van der Waals surface area contributed by atoms with E-state index in [4.69, 9.17) is 5.73 Å². The smallest absolute Gasteiger partial charge is 0.251 e. The van der Waals surface area contributed by atoms with Gasteiger partial charge in [0.05, 0.1) is 23.5 Å². The number of aromatic nitrogens is 3. The second kappa shape index (κ2) is 14.8. The Morgan fingerprint density at radius 2 is 1.82 bits per heavy atom. The molecule has 0 radical (unpaired) electrons. The van der Waals surface area contributed by atoms with Gasteiger partial charge in [0.1, 0.15) is 17.7 Å². The van der Waals surface area contributed by atoms with Gasteiger partial charge < -0.3 is 31.5 Å². The van der Waals surface area contributed by atoms with Crippen molar-refractivity contribution < 1.29 is 33.6 Å². The van der Waals surface area contributed by atoms with Crippen molar-refractivity contribution in [3.8, 4) is 0 Å². The van der Waals surface area contributed by atoms with Crippen LogP contribution < -0.4 is 16.4 Å². The molecule has 6 N–H and O–H groups in total. The fourth-order valence-corrected chi connectivity index (χ4v) is 9.58. The zero-order chi connectivity index (χ0) is 36.5. The van der Waals surface area contributed by atoms with E-state index in [1.165, 1.54) is 15.8 Å². The Morgan fingerprint density at radius 3 is 2.49 bits per heavy atom. The first-order chi connectivity index (χ1) is 24.3. The summed E-state index contributed by atoms with van der Waals surface area (Å²) in [6.45, 7) is 3.18. The number of nitrogens with two attached hydrogens (primary N) is 1. The quantitative estimate of drug-likeness (QED) is 0.194. The number of carbonyl (C=O) groups is 4. The van der Waals surface area contributed by atoms with Crippen molar-refractivity contribution in [3.63, 3.8) is 0 Å². The van der Waals surface area contributed by atoms with Crippen LogP contribution in [0.5, 0.6) is 0 Å². The molecular formula is C36H47N7O7S. The summed E-state index contributed by atoms with van der Waals surface area (Å²) in [4.78, 5) is 56.5. The SMILES string of the molecule is CC(C)(O)c1cnnn1[C@H]1C[C@@H](C(=O)NC2(C(O)C(N)=O)CCS(=O)C2)N(C(=O)C(CC2CCCCC2)NC(=O)c2ccc3ccccc3c2)C1. The van der Waals surface area contributed by atoms with Crippen LogP contribution in [0.4, 0.5) is 0 Å². The van der Waals surface area contributed by atoms with Gasteiger partial charge in [0, 0.05) is 40.8 Å². The molecule has 274 valence electrons. The van der Waals surface area contributed by atoms with Crippen molar-refractivity contribution in [1.82, 2.24) is 30.5 Å². The van der Waals surface area contributed by atoms with E-state index in [-0.39, 0.29) is 36.8 Å². The van der Waals surface area contributed by atoms with Crippen LogP contribution in [0.1, 0.15) is 87.3 Å². The van der Waals surface area contributed by atoms with Crippen LogP contribution >= 0.6 is 0 Å². The molecule has 3 heterocycles. The number of aliphatic hydroxyl groups excluding tert-OH is 1. The fraction of sp³-hybridized carbons (Fsp3) is 0.556. The maximum Gasteiger partial charge on any atom is 0.251 e. The number of benzene rings is 2. The molecule has 14 nitrogen and oxygen atoms in total. The number of rotatable bonds is 11. The normalized spacial score (nSPS) is 25.4. The molecule has 1 aromatic heterocycles. The number of hydrogen-bond acceptors (Lipinski definition) is 9. The number of primary amides is 1. The molecule has 6 rings (SSSR count). The third-order valence-corrected chi connectivity index (χ3v) is 12.2. The minimum atomic E-state index is -1.80. The van der Waals surface area contributed by atoms with Crippen molar-refractivity contribution in [2.45, 2.75) is 101 Å². The van der Waals surface area contributed by atoms with Gasteiger partial charge in [-0.25, -0.2) is 4.68 Å². The molecule has 3 aliphatic rings. The lowest BCUT2D eigenvalue weighted by Gasteiger charge is -2.36. The number of fused-ring (bicyclic) bond motifs is 1. The molecule has 6 atom stereocenters. The van der Waals surface area contributed by atoms with Crippen LogP contribution in [0, 0.1) is 5.92 Å². The Morgan fingerprint density at radius 1 is 1.10 bits per heavy atom. The largest absolute Gasteiger partial charge is 0.384 e. The molecule has 1 aliphatic carbocycles. The van der Waals surface area contributed by atoms with Crippen LogP contribution in [0.15, 0.2) is 48.7 Å². The lowest BCUT2D eigenvalue weighted by Crippen LogP contribution is -2.64. The maximum absolute atomic E-state index is 14.8. The molecule has 4 unspecified atom stereocenters. The molecule has 0 bridgehead atoms. The average Bonchev–Trinajstić information content (AvgIpc) is 3.86. The van der Waals surface area contributed by atoms with Gasteiger partial charge >= 0.3 is 0 Å². The van der Waals surface area contributed by atoms with E-state index in [0.29, 0.717) is 17.7 Å². The summed E-state index contributed by atoms with van der Waals surface area (Å²) in [6.07, 6.45) is 5.13. The highest BCUT2D eigenvalue weighted by Crippen LogP contribution is 2.35. The summed E-state index contributed by atoms with van der Waals surface area (Å²) in [5.74, 6) is -2.43. The Labute approximate surface area is 299 Å². The lowest BCUT2D eigenvalue weighted by molar-refractivity contribution is -0.142. The van der Waals surface area contributed by atoms with Gasteiger partial charge in [-0.05, 0) is 55.5 Å². The number of likely N-dealkylation sites (tertiary alicyclic amines) is 1. The summed E-state index contributed by atoms with van der Waals surface area (Å²) in [7, 11) is -1.42. The summed E-state index contributed by atoms with van der Waals surface area (Å²) in [5, 5.41) is 37.6. The molecule has 2 aliphatic heterocycles. The van der Waals surface area contributed by atoms with Crippen LogP contribution in [0.3, 0.4) is 0 Å². The second-order valence-corrected chi connectivity index (χ2v) is 16.4. The van der Waals surface area contributed by atoms with Gasteiger partial charge in [-0.15, -0.1) is 5.10 Å². The summed E-state index contributed by atoms with van der Waals surface area (Å²) in [5.41, 5.74) is 3.34. The zero-order valence-electron chi connectivity index (χ0n) is 29.0. The molecular weight excluding hydrogens is 675 g/mol. The molecule has 3 aromatic rings. The molecule has 3 fully saturated rings. The van der Waals surface area contributed by atoms with Crippen molar-refractivity contribution in [2.75, 3.05) is 18.1 Å². The minimum Gasteiger partial charge on any atom is -0.384 e. The number of aliphatic hydroxyl groups is 2. The van der Waals surface area contributed by atoms with Crippen molar-refractivity contribution >= 4 is 45.2 Å². The zero-order valence-corrected chi connectivity index (χ0v) is 29.8. The first-order valence-corrected chi connectivity index (χ1v) is 19.1. The highest BCUT2D eigenvalue weighted by Gasteiger charge is 2.51. The van der Waals surface area contributed by atoms with E-state index in [1.807, 2.05) is 30.3 Å². The van der Waals surface area contributed by atoms with Gasteiger partial charge in [-0.2, -0.15) is 0 Å². The van der Waals surface area contributed by atoms with E-state index < -0.39 is 69.8 Å². The third kappa shape index (κ3) is 7.85. The molecule has 2 saturated heterocycles. The Balaban J connectivity index is 1.33. The van der Waals surface area contributed by atoms with Gasteiger partial charge in [-0.3, -0.25) is 23.4 Å². The number of amides is 4. The van der Waals surface area contributed by atoms with E-state index >= 15 is 0 Å². The van der Waals surface area contributed by atoms with E-state index in [2.05, 4.69) is 20.9 Å². The van der Waals surface area contributed by atoms with Gasteiger partial charge in [0.15, 0.2) is 6.10 Å². The second-order valence-electron chi connectivity index (χ2n) is 14.8. The highest BCUT2D eigenvalue weighted by atomic mass is 32.2.